The predicted molar refractivity (Wildman–Crippen MR) is 25.1 cm³/mol. The molecule has 0 aliphatic rings. The van der Waals surface area contributed by atoms with E-state index in [1.807, 2.05) is 0 Å². The summed E-state index contributed by atoms with van der Waals surface area (Å²) in [6.07, 6.45) is 0.833. The third kappa shape index (κ3) is 39.4. The van der Waals surface area contributed by atoms with E-state index in [1.165, 1.54) is 0 Å². The van der Waals surface area contributed by atoms with Crippen molar-refractivity contribution < 1.29 is 20.9 Å². The molecule has 4 nitrogen and oxygen atoms in total. The number of hydrogen-bond acceptors (Lipinski definition) is 1. The molecule has 0 heterocycles. The molecule has 0 radical (unpaired) electrons. The summed E-state index contributed by atoms with van der Waals surface area (Å²) in [5.41, 5.74) is 0. The van der Waals surface area contributed by atoms with Gasteiger partial charge < -0.3 is 16.1 Å². The fraction of sp³-hybridized carbons (Fsp3) is 0. The van der Waals surface area contributed by atoms with E-state index in [9.17, 15) is 4.79 Å². The van der Waals surface area contributed by atoms with Crippen molar-refractivity contribution in [3.8, 4) is 0 Å². The molecule has 4 heteroatoms. The molecule has 0 aliphatic heterocycles. The number of hydrogen-bond donors (Lipinski definition) is 1. The number of rotatable bonds is 1. The second-order valence-electron chi connectivity index (χ2n) is 0.542. The zero-order valence-electron chi connectivity index (χ0n) is 3.64. The molecule has 7 heavy (non-hydrogen) atoms. The molecule has 44 valence electrons. The van der Waals surface area contributed by atoms with Crippen LogP contribution in [0.2, 0.25) is 0 Å². The van der Waals surface area contributed by atoms with Crippen LogP contribution in [-0.4, -0.2) is 22.0 Å². The molecule has 0 spiro atoms. The molecule has 0 aliphatic carbocycles. The molecule has 0 rings (SSSR count). The summed E-state index contributed by atoms with van der Waals surface area (Å²) in [6, 6.07) is 0. The Bertz CT molecular complexity index is 58.0. The molecule has 0 bridgehead atoms. The van der Waals surface area contributed by atoms with Crippen LogP contribution < -0.4 is 0 Å². The fourth-order valence-corrected chi connectivity index (χ4v) is 0. The Morgan fingerprint density at radius 3 is 1.71 bits per heavy atom. The van der Waals surface area contributed by atoms with Gasteiger partial charge in [0, 0.05) is 6.08 Å². The Labute approximate surface area is 40.7 Å². The fourth-order valence-electron chi connectivity index (χ4n) is 0. The standard InChI is InChI=1S/C3H4O2.2H2O/c1-2-3(4)5;;/h2H,1H2,(H,4,5);2*1H2. The molecule has 0 aromatic carbocycles. The maximum Gasteiger partial charge on any atom is 0.327 e. The lowest BCUT2D eigenvalue weighted by Crippen LogP contribution is -1.82. The normalized spacial score (nSPS) is 4.57. The molecule has 0 unspecified atom stereocenters. The van der Waals surface area contributed by atoms with Gasteiger partial charge in [0.2, 0.25) is 0 Å². The minimum Gasteiger partial charge on any atom is -0.478 e. The van der Waals surface area contributed by atoms with Gasteiger partial charge >= 0.3 is 5.97 Å². The van der Waals surface area contributed by atoms with Crippen molar-refractivity contribution in [2.45, 2.75) is 0 Å². The lowest BCUT2D eigenvalue weighted by atomic mass is 10.7. The van der Waals surface area contributed by atoms with Crippen LogP contribution in [-0.2, 0) is 4.79 Å². The molecule has 5 N–H and O–H groups in total. The van der Waals surface area contributed by atoms with E-state index >= 15 is 0 Å². The summed E-state index contributed by atoms with van der Waals surface area (Å²) in [7, 11) is 0. The van der Waals surface area contributed by atoms with E-state index in [0.29, 0.717) is 0 Å². The molecular weight excluding hydrogens is 100 g/mol. The molecule has 0 saturated heterocycles. The highest BCUT2D eigenvalue weighted by molar-refractivity contribution is 5.78. The van der Waals surface area contributed by atoms with Crippen molar-refractivity contribution in [2.75, 3.05) is 0 Å². The van der Waals surface area contributed by atoms with Gasteiger partial charge in [0.1, 0.15) is 0 Å². The van der Waals surface area contributed by atoms with Crippen molar-refractivity contribution in [3.63, 3.8) is 0 Å². The monoisotopic (exact) mass is 108 g/mol. The van der Waals surface area contributed by atoms with Gasteiger partial charge in [0.15, 0.2) is 0 Å². The summed E-state index contributed by atoms with van der Waals surface area (Å²) >= 11 is 0. The Balaban J connectivity index is -0.0000000800. The molecule has 0 fully saturated rings. The smallest absolute Gasteiger partial charge is 0.327 e. The minimum atomic E-state index is -0.981. The number of carboxylic acid groups (broad SMARTS) is 1. The summed E-state index contributed by atoms with van der Waals surface area (Å²) in [5, 5.41) is 7.60. The molecule has 0 aromatic rings. The highest BCUT2D eigenvalue weighted by Gasteiger charge is 1.73. The number of aliphatic carboxylic acids is 1. The molecule has 0 saturated carbocycles. The summed E-state index contributed by atoms with van der Waals surface area (Å²) in [5.74, 6) is -0.981. The molecule has 0 aromatic heterocycles. The number of carbonyl (C=O) groups is 1. The van der Waals surface area contributed by atoms with Gasteiger partial charge in [-0.3, -0.25) is 0 Å². The highest BCUT2D eigenvalue weighted by Crippen LogP contribution is 1.54. The van der Waals surface area contributed by atoms with Crippen LogP contribution in [0.25, 0.3) is 0 Å². The maximum atomic E-state index is 9.25. The molecular formula is C3H8O4. The van der Waals surface area contributed by atoms with Crippen LogP contribution in [0.5, 0.6) is 0 Å². The Kier molecular flexibility index (Phi) is 21.0. The summed E-state index contributed by atoms with van der Waals surface area (Å²) < 4.78 is 0. The van der Waals surface area contributed by atoms with E-state index < -0.39 is 5.97 Å². The number of carboxylic acids is 1. The third-order valence-electron chi connectivity index (χ3n) is 0.175. The zero-order chi connectivity index (χ0) is 4.28. The SMILES string of the molecule is C=CC(=O)O.O.O. The van der Waals surface area contributed by atoms with Crippen LogP contribution in [0.1, 0.15) is 0 Å². The van der Waals surface area contributed by atoms with E-state index in [4.69, 9.17) is 5.11 Å². The summed E-state index contributed by atoms with van der Waals surface area (Å²) in [4.78, 5) is 9.25. The van der Waals surface area contributed by atoms with Crippen molar-refractivity contribution in [1.29, 1.82) is 0 Å². The van der Waals surface area contributed by atoms with Crippen molar-refractivity contribution in [3.05, 3.63) is 12.7 Å². The quantitative estimate of drug-likeness (QED) is 0.418. The first kappa shape index (κ1) is 16.5. The first-order chi connectivity index (χ1) is 2.27. The van der Waals surface area contributed by atoms with Crippen LogP contribution in [0, 0.1) is 0 Å². The lowest BCUT2D eigenvalue weighted by molar-refractivity contribution is -0.131. The van der Waals surface area contributed by atoms with E-state index in [0.717, 1.165) is 6.08 Å². The van der Waals surface area contributed by atoms with E-state index in [-0.39, 0.29) is 11.0 Å². The van der Waals surface area contributed by atoms with Crippen molar-refractivity contribution >= 4 is 5.97 Å². The average molecular weight is 108 g/mol. The van der Waals surface area contributed by atoms with Crippen LogP contribution in [0.3, 0.4) is 0 Å². The van der Waals surface area contributed by atoms with Gasteiger partial charge in [-0.05, 0) is 0 Å². The van der Waals surface area contributed by atoms with Crippen LogP contribution in [0.4, 0.5) is 0 Å². The summed E-state index contributed by atoms with van der Waals surface area (Å²) in [6.45, 7) is 2.96. The largest absolute Gasteiger partial charge is 0.478 e. The van der Waals surface area contributed by atoms with Gasteiger partial charge in [0.05, 0.1) is 0 Å². The average Bonchev–Trinajstić information content (AvgIpc) is 1.38. The van der Waals surface area contributed by atoms with Gasteiger partial charge in [0.25, 0.3) is 0 Å². The van der Waals surface area contributed by atoms with E-state index in [1.54, 1.807) is 0 Å². The van der Waals surface area contributed by atoms with Crippen molar-refractivity contribution in [2.24, 2.45) is 0 Å². The van der Waals surface area contributed by atoms with Gasteiger partial charge in [-0.25, -0.2) is 4.79 Å². The third-order valence-corrected chi connectivity index (χ3v) is 0.175. The second kappa shape index (κ2) is 8.93. The first-order valence-corrected chi connectivity index (χ1v) is 1.12. The maximum absolute atomic E-state index is 9.25. The Morgan fingerprint density at radius 1 is 1.57 bits per heavy atom. The van der Waals surface area contributed by atoms with Gasteiger partial charge in [-0.2, -0.15) is 0 Å². The van der Waals surface area contributed by atoms with Crippen LogP contribution >= 0.6 is 0 Å². The molecule has 0 atom stereocenters. The van der Waals surface area contributed by atoms with Gasteiger partial charge in [-0.15, -0.1) is 0 Å². The second-order valence-corrected chi connectivity index (χ2v) is 0.542. The van der Waals surface area contributed by atoms with Gasteiger partial charge in [-0.1, -0.05) is 6.58 Å². The van der Waals surface area contributed by atoms with Crippen LogP contribution in [0.15, 0.2) is 12.7 Å². The zero-order valence-corrected chi connectivity index (χ0v) is 3.64. The minimum absolute atomic E-state index is 0. The van der Waals surface area contributed by atoms with Crippen molar-refractivity contribution in [1.82, 2.24) is 0 Å². The first-order valence-electron chi connectivity index (χ1n) is 1.12. The lowest BCUT2D eigenvalue weighted by Gasteiger charge is -1.64. The Morgan fingerprint density at radius 2 is 1.71 bits per heavy atom. The van der Waals surface area contributed by atoms with E-state index in [2.05, 4.69) is 6.58 Å². The Hall–Kier alpha value is -0.870. The predicted octanol–water partition coefficient (Wildman–Crippen LogP) is -1.39. The molecule has 0 amide bonds. The topological polar surface area (TPSA) is 100 Å². The highest BCUT2D eigenvalue weighted by atomic mass is 16.4.